The number of carbonyl (C=O) groups excluding carboxylic acids is 2. The van der Waals surface area contributed by atoms with Crippen LogP contribution in [0.1, 0.15) is 38.5 Å². The first-order valence-electron chi connectivity index (χ1n) is 6.94. The minimum absolute atomic E-state index is 0.145. The number of esters is 1. The Labute approximate surface area is 113 Å². The molecule has 0 radical (unpaired) electrons. The average Bonchev–Trinajstić information content (AvgIpc) is 2.84. The number of rotatable bonds is 5. The zero-order valence-electron chi connectivity index (χ0n) is 11.5. The van der Waals surface area contributed by atoms with Crippen LogP contribution in [0.2, 0.25) is 0 Å². The second kappa shape index (κ2) is 6.48. The van der Waals surface area contributed by atoms with Gasteiger partial charge in [-0.05, 0) is 18.8 Å². The summed E-state index contributed by atoms with van der Waals surface area (Å²) in [7, 11) is 1.34. The summed E-state index contributed by atoms with van der Waals surface area (Å²) < 4.78 is 15.8. The molecule has 2 aliphatic heterocycles. The van der Waals surface area contributed by atoms with Crippen molar-refractivity contribution >= 4 is 11.8 Å². The lowest BCUT2D eigenvalue weighted by atomic mass is 9.82. The first kappa shape index (κ1) is 14.5. The third-order valence-corrected chi connectivity index (χ3v) is 4.01. The molecule has 0 aromatic heterocycles. The van der Waals surface area contributed by atoms with Crippen LogP contribution in [-0.4, -0.2) is 44.3 Å². The van der Waals surface area contributed by atoms with Crippen LogP contribution in [-0.2, 0) is 23.8 Å². The van der Waals surface area contributed by atoms with Crippen LogP contribution >= 0.6 is 0 Å². The molecule has 5 heteroatoms. The van der Waals surface area contributed by atoms with Gasteiger partial charge in [-0.1, -0.05) is 0 Å². The number of Topliss-reactive ketones (excluding diaryl/α,β-unsaturated/α-hetero) is 1. The summed E-state index contributed by atoms with van der Waals surface area (Å²) >= 11 is 0. The highest BCUT2D eigenvalue weighted by molar-refractivity contribution is 5.83. The van der Waals surface area contributed by atoms with E-state index in [1.807, 2.05) is 0 Å². The number of hydrogen-bond acceptors (Lipinski definition) is 5. The molecule has 0 amide bonds. The minimum atomic E-state index is -0.319. The molecule has 0 bridgehead atoms. The molecular formula is C14H22O5. The highest BCUT2D eigenvalue weighted by Crippen LogP contribution is 2.37. The number of ether oxygens (including phenoxy) is 3. The summed E-state index contributed by atoms with van der Waals surface area (Å²) in [6.45, 7) is 2.11. The van der Waals surface area contributed by atoms with Crippen molar-refractivity contribution in [2.45, 2.75) is 44.1 Å². The molecule has 0 saturated carbocycles. The van der Waals surface area contributed by atoms with Crippen molar-refractivity contribution in [3.8, 4) is 0 Å². The average molecular weight is 270 g/mol. The third kappa shape index (κ3) is 4.01. The molecule has 5 nitrogen and oxygen atoms in total. The second-order valence-electron chi connectivity index (χ2n) is 5.51. The lowest BCUT2D eigenvalue weighted by molar-refractivity contribution is -0.142. The van der Waals surface area contributed by atoms with Crippen LogP contribution in [0.4, 0.5) is 0 Å². The van der Waals surface area contributed by atoms with E-state index in [2.05, 4.69) is 4.74 Å². The third-order valence-electron chi connectivity index (χ3n) is 4.01. The standard InChI is InChI=1S/C14H22O5/c1-17-13(16)3-2-12(15)8-11-4-6-19-14(9-11)5-7-18-10-14/h11H,2-10H2,1H3. The molecule has 2 aliphatic rings. The topological polar surface area (TPSA) is 61.8 Å². The van der Waals surface area contributed by atoms with Gasteiger partial charge < -0.3 is 14.2 Å². The van der Waals surface area contributed by atoms with E-state index in [1.54, 1.807) is 0 Å². The predicted molar refractivity (Wildman–Crippen MR) is 67.7 cm³/mol. The van der Waals surface area contributed by atoms with E-state index in [0.29, 0.717) is 25.6 Å². The van der Waals surface area contributed by atoms with Gasteiger partial charge in [0, 0.05) is 32.5 Å². The molecule has 2 rings (SSSR count). The summed E-state index contributed by atoms with van der Waals surface area (Å²) in [5.41, 5.74) is -0.147. The van der Waals surface area contributed by atoms with E-state index in [9.17, 15) is 9.59 Å². The smallest absolute Gasteiger partial charge is 0.305 e. The van der Waals surface area contributed by atoms with E-state index >= 15 is 0 Å². The number of methoxy groups -OCH3 is 1. The molecule has 108 valence electrons. The normalized spacial score (nSPS) is 30.5. The van der Waals surface area contributed by atoms with Crippen LogP contribution in [0.3, 0.4) is 0 Å². The van der Waals surface area contributed by atoms with Gasteiger partial charge in [0.2, 0.25) is 0 Å². The molecule has 19 heavy (non-hydrogen) atoms. The van der Waals surface area contributed by atoms with E-state index in [4.69, 9.17) is 9.47 Å². The van der Waals surface area contributed by atoms with Gasteiger partial charge in [-0.25, -0.2) is 0 Å². The van der Waals surface area contributed by atoms with Crippen molar-refractivity contribution in [1.29, 1.82) is 0 Å². The van der Waals surface area contributed by atoms with Crippen LogP contribution in [0.15, 0.2) is 0 Å². The largest absolute Gasteiger partial charge is 0.469 e. The molecule has 1 spiro atoms. The molecule has 0 aromatic rings. The quantitative estimate of drug-likeness (QED) is 0.708. The van der Waals surface area contributed by atoms with Crippen molar-refractivity contribution in [2.75, 3.05) is 26.9 Å². The monoisotopic (exact) mass is 270 g/mol. The Balaban J connectivity index is 1.75. The molecule has 2 unspecified atom stereocenters. The van der Waals surface area contributed by atoms with Crippen LogP contribution in [0, 0.1) is 5.92 Å². The lowest BCUT2D eigenvalue weighted by Gasteiger charge is -2.36. The van der Waals surface area contributed by atoms with Crippen molar-refractivity contribution < 1.29 is 23.8 Å². The number of carbonyl (C=O) groups is 2. The van der Waals surface area contributed by atoms with Gasteiger partial charge in [-0.3, -0.25) is 9.59 Å². The van der Waals surface area contributed by atoms with Gasteiger partial charge in [0.25, 0.3) is 0 Å². The van der Waals surface area contributed by atoms with E-state index in [-0.39, 0.29) is 30.2 Å². The first-order chi connectivity index (χ1) is 9.13. The predicted octanol–water partition coefficient (Wildman–Crippen LogP) is 1.48. The van der Waals surface area contributed by atoms with Gasteiger partial charge in [-0.15, -0.1) is 0 Å². The summed E-state index contributed by atoms with van der Waals surface area (Å²) in [6.07, 6.45) is 3.77. The Hall–Kier alpha value is -0.940. The molecule has 0 aliphatic carbocycles. The van der Waals surface area contributed by atoms with Crippen molar-refractivity contribution in [3.05, 3.63) is 0 Å². The lowest BCUT2D eigenvalue weighted by Crippen LogP contribution is -2.40. The number of ketones is 1. The number of hydrogen-bond donors (Lipinski definition) is 0. The Morgan fingerprint density at radius 3 is 2.84 bits per heavy atom. The Kier molecular flexibility index (Phi) is 4.93. The van der Waals surface area contributed by atoms with Crippen LogP contribution in [0.5, 0.6) is 0 Å². The van der Waals surface area contributed by atoms with Crippen molar-refractivity contribution in [1.82, 2.24) is 0 Å². The minimum Gasteiger partial charge on any atom is -0.469 e. The molecule has 0 N–H and O–H groups in total. The Bertz CT molecular complexity index is 333. The maximum Gasteiger partial charge on any atom is 0.305 e. The van der Waals surface area contributed by atoms with Crippen LogP contribution in [0.25, 0.3) is 0 Å². The first-order valence-corrected chi connectivity index (χ1v) is 6.94. The summed E-state index contributed by atoms with van der Waals surface area (Å²) in [5, 5.41) is 0. The van der Waals surface area contributed by atoms with Gasteiger partial charge in [0.15, 0.2) is 0 Å². The van der Waals surface area contributed by atoms with E-state index in [0.717, 1.165) is 25.9 Å². The fourth-order valence-electron chi connectivity index (χ4n) is 2.93. The molecule has 2 saturated heterocycles. The second-order valence-corrected chi connectivity index (χ2v) is 5.51. The molecular weight excluding hydrogens is 248 g/mol. The molecule has 2 heterocycles. The van der Waals surface area contributed by atoms with Gasteiger partial charge in [-0.2, -0.15) is 0 Å². The fraction of sp³-hybridized carbons (Fsp3) is 0.857. The Morgan fingerprint density at radius 2 is 2.16 bits per heavy atom. The SMILES string of the molecule is COC(=O)CCC(=O)CC1CCOC2(CCOC2)C1. The van der Waals surface area contributed by atoms with E-state index < -0.39 is 0 Å². The zero-order chi connectivity index (χ0) is 13.7. The van der Waals surface area contributed by atoms with Gasteiger partial charge in [0.1, 0.15) is 5.78 Å². The highest BCUT2D eigenvalue weighted by Gasteiger charge is 2.41. The maximum atomic E-state index is 11.9. The summed E-state index contributed by atoms with van der Waals surface area (Å²) in [6, 6.07) is 0. The fourth-order valence-corrected chi connectivity index (χ4v) is 2.93. The van der Waals surface area contributed by atoms with E-state index in [1.165, 1.54) is 7.11 Å². The van der Waals surface area contributed by atoms with Crippen LogP contribution < -0.4 is 0 Å². The van der Waals surface area contributed by atoms with Gasteiger partial charge in [0.05, 0.1) is 25.7 Å². The summed E-state index contributed by atoms with van der Waals surface area (Å²) in [4.78, 5) is 22.9. The van der Waals surface area contributed by atoms with Crippen molar-refractivity contribution in [2.24, 2.45) is 5.92 Å². The molecule has 2 fully saturated rings. The maximum absolute atomic E-state index is 11.9. The Morgan fingerprint density at radius 1 is 1.32 bits per heavy atom. The molecule has 2 atom stereocenters. The van der Waals surface area contributed by atoms with Gasteiger partial charge >= 0.3 is 5.97 Å². The summed E-state index contributed by atoms with van der Waals surface area (Å²) in [5.74, 6) is 0.188. The zero-order valence-corrected chi connectivity index (χ0v) is 11.5. The highest BCUT2D eigenvalue weighted by atomic mass is 16.6. The van der Waals surface area contributed by atoms with Crippen molar-refractivity contribution in [3.63, 3.8) is 0 Å². The molecule has 0 aromatic carbocycles.